The van der Waals surface area contributed by atoms with Gasteiger partial charge in [-0.1, -0.05) is 6.07 Å². The van der Waals surface area contributed by atoms with Crippen molar-refractivity contribution in [3.05, 3.63) is 23.9 Å². The first-order valence-corrected chi connectivity index (χ1v) is 9.18. The van der Waals surface area contributed by atoms with E-state index >= 15 is 0 Å². The van der Waals surface area contributed by atoms with Crippen LogP contribution in [0.3, 0.4) is 0 Å². The zero-order chi connectivity index (χ0) is 12.5. The number of hydrogen-bond acceptors (Lipinski definition) is 4. The summed E-state index contributed by atoms with van der Waals surface area (Å²) in [7, 11) is -1.64. The van der Waals surface area contributed by atoms with Gasteiger partial charge in [0.1, 0.15) is 11.7 Å². The van der Waals surface area contributed by atoms with Gasteiger partial charge in [-0.15, -0.1) is 0 Å². The van der Waals surface area contributed by atoms with Gasteiger partial charge in [0.15, 0.2) is 8.32 Å². The predicted octanol–water partition coefficient (Wildman–Crippen LogP) is 2.33. The molecule has 2 heterocycles. The Bertz CT molecular complexity index is 450. The molecule has 0 aliphatic carbocycles. The van der Waals surface area contributed by atoms with Gasteiger partial charge < -0.3 is 9.74 Å². The average Bonchev–Trinajstić information content (AvgIpc) is 2.27. The molecule has 1 aliphatic rings. The Morgan fingerprint density at radius 3 is 2.94 bits per heavy atom. The van der Waals surface area contributed by atoms with Gasteiger partial charge in [0, 0.05) is 18.3 Å². The van der Waals surface area contributed by atoms with Crippen LogP contribution in [0.4, 0.5) is 5.82 Å². The summed E-state index contributed by atoms with van der Waals surface area (Å²) >= 11 is 0. The second kappa shape index (κ2) is 4.47. The fourth-order valence-corrected chi connectivity index (χ4v) is 3.18. The molecule has 4 nitrogen and oxygen atoms in total. The zero-order valence-electron chi connectivity index (χ0n) is 10.4. The van der Waals surface area contributed by atoms with Crippen molar-refractivity contribution in [2.24, 2.45) is 0 Å². The SMILES string of the molecule is C[Si](C)(C)OC1CNc2ncccc2C1C#N. The van der Waals surface area contributed by atoms with E-state index in [1.165, 1.54) is 0 Å². The van der Waals surface area contributed by atoms with Gasteiger partial charge in [0.05, 0.1) is 12.2 Å². The quantitative estimate of drug-likeness (QED) is 0.815. The molecule has 0 radical (unpaired) electrons. The molecule has 0 saturated carbocycles. The molecule has 2 atom stereocenters. The number of nitrogens with zero attached hydrogens (tertiary/aromatic N) is 2. The highest BCUT2D eigenvalue weighted by atomic mass is 28.4. The molecule has 0 spiro atoms. The van der Waals surface area contributed by atoms with Crippen molar-refractivity contribution in [2.75, 3.05) is 11.9 Å². The third-order valence-electron chi connectivity index (χ3n) is 2.66. The lowest BCUT2D eigenvalue weighted by Crippen LogP contribution is -2.41. The van der Waals surface area contributed by atoms with Crippen molar-refractivity contribution in [3.63, 3.8) is 0 Å². The molecule has 1 aromatic heterocycles. The van der Waals surface area contributed by atoms with Crippen LogP contribution in [-0.4, -0.2) is 26.0 Å². The van der Waals surface area contributed by atoms with E-state index in [0.29, 0.717) is 6.54 Å². The highest BCUT2D eigenvalue weighted by molar-refractivity contribution is 6.69. The third-order valence-corrected chi connectivity index (χ3v) is 3.67. The van der Waals surface area contributed by atoms with Gasteiger partial charge in [-0.3, -0.25) is 0 Å². The number of nitriles is 1. The molecular weight excluding hydrogens is 230 g/mol. The number of pyridine rings is 1. The van der Waals surface area contributed by atoms with Gasteiger partial charge in [-0.25, -0.2) is 4.98 Å². The van der Waals surface area contributed by atoms with Crippen LogP contribution in [0.2, 0.25) is 19.6 Å². The van der Waals surface area contributed by atoms with Crippen molar-refractivity contribution in [3.8, 4) is 6.07 Å². The van der Waals surface area contributed by atoms with Crippen molar-refractivity contribution in [2.45, 2.75) is 31.7 Å². The van der Waals surface area contributed by atoms with Crippen LogP contribution in [0.1, 0.15) is 11.5 Å². The lowest BCUT2D eigenvalue weighted by molar-refractivity contribution is 0.189. The van der Waals surface area contributed by atoms with E-state index in [0.717, 1.165) is 11.4 Å². The van der Waals surface area contributed by atoms with E-state index in [1.54, 1.807) is 6.20 Å². The summed E-state index contributed by atoms with van der Waals surface area (Å²) in [5, 5.41) is 12.6. The summed E-state index contributed by atoms with van der Waals surface area (Å²) < 4.78 is 6.07. The summed E-state index contributed by atoms with van der Waals surface area (Å²) in [5.74, 6) is 0.598. The Labute approximate surface area is 103 Å². The van der Waals surface area contributed by atoms with Crippen molar-refractivity contribution in [1.29, 1.82) is 5.26 Å². The van der Waals surface area contributed by atoms with Gasteiger partial charge >= 0.3 is 0 Å². The van der Waals surface area contributed by atoms with E-state index in [4.69, 9.17) is 4.43 Å². The lowest BCUT2D eigenvalue weighted by Gasteiger charge is -2.34. The fourth-order valence-electron chi connectivity index (χ4n) is 2.05. The maximum absolute atomic E-state index is 9.33. The second-order valence-corrected chi connectivity index (χ2v) is 9.66. The number of fused-ring (bicyclic) bond motifs is 1. The lowest BCUT2D eigenvalue weighted by atomic mass is 9.92. The Balaban J connectivity index is 2.27. The fraction of sp³-hybridized carbons (Fsp3) is 0.500. The monoisotopic (exact) mass is 247 g/mol. The van der Waals surface area contributed by atoms with E-state index in [9.17, 15) is 5.26 Å². The largest absolute Gasteiger partial charge is 0.411 e. The maximum Gasteiger partial charge on any atom is 0.184 e. The number of hydrogen-bond donors (Lipinski definition) is 1. The van der Waals surface area contributed by atoms with Crippen LogP contribution >= 0.6 is 0 Å². The zero-order valence-corrected chi connectivity index (χ0v) is 11.4. The third kappa shape index (κ3) is 2.65. The Morgan fingerprint density at radius 2 is 2.29 bits per heavy atom. The molecule has 5 heteroatoms. The number of aromatic nitrogens is 1. The van der Waals surface area contributed by atoms with Gasteiger partial charge in [0.25, 0.3) is 0 Å². The molecule has 0 amide bonds. The highest BCUT2D eigenvalue weighted by Gasteiger charge is 2.33. The molecule has 2 rings (SSSR count). The summed E-state index contributed by atoms with van der Waals surface area (Å²) in [4.78, 5) is 4.24. The van der Waals surface area contributed by atoms with Crippen molar-refractivity contribution in [1.82, 2.24) is 4.98 Å². The molecule has 0 fully saturated rings. The first-order chi connectivity index (χ1) is 8.01. The van der Waals surface area contributed by atoms with E-state index in [1.807, 2.05) is 12.1 Å². The highest BCUT2D eigenvalue weighted by Crippen LogP contribution is 2.32. The molecule has 0 bridgehead atoms. The summed E-state index contributed by atoms with van der Waals surface area (Å²) in [6, 6.07) is 6.16. The summed E-state index contributed by atoms with van der Waals surface area (Å²) in [6.45, 7) is 7.08. The minimum atomic E-state index is -1.64. The standard InChI is InChI=1S/C12H17N3OSi/c1-17(2,3)16-11-8-15-12-9(10(11)7-13)5-4-6-14-12/h4-6,10-11H,8H2,1-3H3,(H,14,15). The van der Waals surface area contributed by atoms with E-state index < -0.39 is 8.32 Å². The van der Waals surface area contributed by atoms with Crippen molar-refractivity contribution >= 4 is 14.1 Å². The van der Waals surface area contributed by atoms with Gasteiger partial charge in [-0.05, 0) is 25.7 Å². The van der Waals surface area contributed by atoms with Gasteiger partial charge in [-0.2, -0.15) is 5.26 Å². The average molecular weight is 247 g/mol. The Hall–Kier alpha value is -1.38. The van der Waals surface area contributed by atoms with Crippen LogP contribution in [0, 0.1) is 11.3 Å². The molecule has 0 aromatic carbocycles. The first kappa shape index (κ1) is 12.1. The maximum atomic E-state index is 9.33. The van der Waals surface area contributed by atoms with Crippen molar-refractivity contribution < 1.29 is 4.43 Å². The normalized spacial score (nSPS) is 23.4. The van der Waals surface area contributed by atoms with Crippen LogP contribution in [0.15, 0.2) is 18.3 Å². The molecule has 1 aliphatic heterocycles. The number of rotatable bonds is 2. The minimum absolute atomic E-state index is 0.0663. The van der Waals surface area contributed by atoms with Gasteiger partial charge in [0.2, 0.25) is 0 Å². The topological polar surface area (TPSA) is 57.9 Å². The smallest absolute Gasteiger partial charge is 0.184 e. The summed E-state index contributed by atoms with van der Waals surface area (Å²) in [6.07, 6.45) is 1.67. The number of nitrogens with one attached hydrogen (secondary N) is 1. The van der Waals surface area contributed by atoms with Crippen LogP contribution in [0.5, 0.6) is 0 Å². The molecule has 90 valence electrons. The molecule has 2 unspecified atom stereocenters. The first-order valence-electron chi connectivity index (χ1n) is 5.77. The second-order valence-electron chi connectivity index (χ2n) is 5.20. The molecule has 1 N–H and O–H groups in total. The van der Waals surface area contributed by atoms with Crippen LogP contribution in [0.25, 0.3) is 0 Å². The number of anilines is 1. The molecule has 1 aromatic rings. The summed E-state index contributed by atoms with van der Waals surface area (Å²) in [5.41, 5.74) is 0.949. The molecule has 0 saturated heterocycles. The Morgan fingerprint density at radius 1 is 1.53 bits per heavy atom. The molecular formula is C12H17N3OSi. The van der Waals surface area contributed by atoms with Crippen LogP contribution < -0.4 is 5.32 Å². The predicted molar refractivity (Wildman–Crippen MR) is 69.3 cm³/mol. The molecule has 17 heavy (non-hydrogen) atoms. The van der Waals surface area contributed by atoms with E-state index in [-0.39, 0.29) is 12.0 Å². The van der Waals surface area contributed by atoms with E-state index in [2.05, 4.69) is 36.0 Å². The minimum Gasteiger partial charge on any atom is -0.411 e. The Kier molecular flexibility index (Phi) is 3.18. The van der Waals surface area contributed by atoms with Crippen LogP contribution in [-0.2, 0) is 4.43 Å².